The summed E-state index contributed by atoms with van der Waals surface area (Å²) in [6, 6.07) is 2.24. The van der Waals surface area contributed by atoms with Gasteiger partial charge in [0, 0.05) is 17.7 Å². The Labute approximate surface area is 142 Å². The minimum atomic E-state index is -0.00412. The largest absolute Gasteiger partial charge is 0.349 e. The van der Waals surface area contributed by atoms with Gasteiger partial charge in [-0.1, -0.05) is 18.5 Å². The van der Waals surface area contributed by atoms with E-state index in [9.17, 15) is 4.79 Å². The fourth-order valence-corrected chi connectivity index (χ4v) is 3.86. The first-order valence-corrected chi connectivity index (χ1v) is 9.23. The molecule has 2 aromatic heterocycles. The number of hydrogen-bond donors (Lipinski definition) is 1. The minimum absolute atomic E-state index is 0.00412. The second kappa shape index (κ2) is 6.19. The molecular formula is C19H25N3O2. The van der Waals surface area contributed by atoms with Crippen molar-refractivity contribution in [3.63, 3.8) is 0 Å². The summed E-state index contributed by atoms with van der Waals surface area (Å²) in [5.41, 5.74) is 2.88. The second-order valence-corrected chi connectivity index (χ2v) is 7.42. The second-order valence-electron chi connectivity index (χ2n) is 7.42. The predicted octanol–water partition coefficient (Wildman–Crippen LogP) is 4.11. The highest BCUT2D eigenvalue weighted by molar-refractivity contribution is 6.06. The van der Waals surface area contributed by atoms with Gasteiger partial charge in [-0.25, -0.2) is 4.98 Å². The Bertz CT molecular complexity index is 755. The summed E-state index contributed by atoms with van der Waals surface area (Å²) in [6.45, 7) is 4.12. The molecule has 1 N–H and O–H groups in total. The van der Waals surface area contributed by atoms with Crippen LogP contribution in [0.3, 0.4) is 0 Å². The predicted molar refractivity (Wildman–Crippen MR) is 92.0 cm³/mol. The molecule has 2 saturated carbocycles. The van der Waals surface area contributed by atoms with Crippen LogP contribution in [0, 0.1) is 12.8 Å². The Balaban J connectivity index is 1.58. The van der Waals surface area contributed by atoms with Gasteiger partial charge >= 0.3 is 0 Å². The first-order chi connectivity index (χ1) is 11.7. The van der Waals surface area contributed by atoms with E-state index >= 15 is 0 Å². The highest BCUT2D eigenvalue weighted by atomic mass is 16.5. The molecule has 0 radical (unpaired) electrons. The third kappa shape index (κ3) is 2.92. The van der Waals surface area contributed by atoms with Gasteiger partial charge in [-0.2, -0.15) is 0 Å². The average Bonchev–Trinajstić information content (AvgIpc) is 3.39. The van der Waals surface area contributed by atoms with Gasteiger partial charge in [0.1, 0.15) is 0 Å². The lowest BCUT2D eigenvalue weighted by Crippen LogP contribution is -2.37. The molecule has 2 fully saturated rings. The first kappa shape index (κ1) is 15.6. The van der Waals surface area contributed by atoms with Crippen molar-refractivity contribution in [2.45, 2.75) is 70.8 Å². The summed E-state index contributed by atoms with van der Waals surface area (Å²) in [5, 5.41) is 8.01. The van der Waals surface area contributed by atoms with Gasteiger partial charge < -0.3 is 9.84 Å². The van der Waals surface area contributed by atoms with E-state index < -0.39 is 0 Å². The molecule has 128 valence electrons. The molecule has 4 rings (SSSR count). The quantitative estimate of drug-likeness (QED) is 0.917. The van der Waals surface area contributed by atoms with Crippen LogP contribution in [0.5, 0.6) is 0 Å². The summed E-state index contributed by atoms with van der Waals surface area (Å²) in [6.07, 6.45) is 8.13. The number of fused-ring (bicyclic) bond motifs is 1. The van der Waals surface area contributed by atoms with Crippen LogP contribution in [-0.4, -0.2) is 22.1 Å². The number of pyridine rings is 1. The molecule has 24 heavy (non-hydrogen) atoms. The molecular weight excluding hydrogens is 302 g/mol. The Morgan fingerprint density at radius 2 is 2.00 bits per heavy atom. The van der Waals surface area contributed by atoms with Gasteiger partial charge in [-0.15, -0.1) is 0 Å². The van der Waals surface area contributed by atoms with Crippen LogP contribution in [0.15, 0.2) is 10.6 Å². The van der Waals surface area contributed by atoms with Crippen molar-refractivity contribution in [3.8, 4) is 0 Å². The molecule has 1 amide bonds. The van der Waals surface area contributed by atoms with Crippen molar-refractivity contribution in [1.29, 1.82) is 0 Å². The van der Waals surface area contributed by atoms with Crippen LogP contribution in [0.25, 0.3) is 11.1 Å². The minimum Gasteiger partial charge on any atom is -0.349 e. The fourth-order valence-electron chi connectivity index (χ4n) is 3.86. The lowest BCUT2D eigenvalue weighted by Gasteiger charge is -2.28. The van der Waals surface area contributed by atoms with Crippen LogP contribution in [-0.2, 0) is 0 Å². The van der Waals surface area contributed by atoms with Gasteiger partial charge in [-0.05, 0) is 57.4 Å². The van der Waals surface area contributed by atoms with E-state index in [-0.39, 0.29) is 11.9 Å². The average molecular weight is 327 g/mol. The lowest BCUT2D eigenvalue weighted by molar-refractivity contribution is 0.0923. The van der Waals surface area contributed by atoms with Gasteiger partial charge in [-0.3, -0.25) is 4.79 Å². The Morgan fingerprint density at radius 1 is 1.25 bits per heavy atom. The van der Waals surface area contributed by atoms with Crippen LogP contribution in [0.1, 0.15) is 79.5 Å². The third-order valence-corrected chi connectivity index (χ3v) is 5.64. The van der Waals surface area contributed by atoms with Crippen molar-refractivity contribution in [3.05, 3.63) is 23.0 Å². The smallest absolute Gasteiger partial charge is 0.259 e. The maximum absolute atomic E-state index is 12.9. The summed E-state index contributed by atoms with van der Waals surface area (Å²) < 4.78 is 5.34. The van der Waals surface area contributed by atoms with Crippen LogP contribution in [0.2, 0.25) is 0 Å². The molecule has 2 aromatic rings. The SMILES string of the molecule is CCC1CCC(NC(=O)c2cc(C3CC3)nc3onc(C)c23)CC1. The Kier molecular flexibility index (Phi) is 4.02. The normalized spacial score (nSPS) is 24.2. The monoisotopic (exact) mass is 327 g/mol. The van der Waals surface area contributed by atoms with E-state index in [4.69, 9.17) is 4.52 Å². The standard InChI is InChI=1S/C19H25N3O2/c1-3-12-4-8-14(9-5-12)20-18(23)15-10-16(13-6-7-13)21-19-17(15)11(2)22-24-19/h10,12-14H,3-9H2,1-2H3,(H,20,23). The third-order valence-electron chi connectivity index (χ3n) is 5.64. The number of amides is 1. The number of nitrogens with one attached hydrogen (secondary N) is 1. The molecule has 5 nitrogen and oxygen atoms in total. The Hall–Kier alpha value is -1.91. The van der Waals surface area contributed by atoms with Gasteiger partial charge in [0.05, 0.1) is 16.6 Å². The number of rotatable bonds is 4. The van der Waals surface area contributed by atoms with Crippen LogP contribution < -0.4 is 5.32 Å². The summed E-state index contributed by atoms with van der Waals surface area (Å²) >= 11 is 0. The number of aromatic nitrogens is 2. The van der Waals surface area contributed by atoms with E-state index in [0.29, 0.717) is 17.2 Å². The zero-order valence-electron chi connectivity index (χ0n) is 14.5. The maximum Gasteiger partial charge on any atom is 0.259 e. The fraction of sp³-hybridized carbons (Fsp3) is 0.632. The molecule has 0 aliphatic heterocycles. The van der Waals surface area contributed by atoms with Crippen molar-refractivity contribution in [2.75, 3.05) is 0 Å². The highest BCUT2D eigenvalue weighted by Gasteiger charge is 2.29. The van der Waals surface area contributed by atoms with E-state index in [1.165, 1.54) is 19.3 Å². The van der Waals surface area contributed by atoms with Crippen LogP contribution >= 0.6 is 0 Å². The zero-order valence-corrected chi connectivity index (χ0v) is 14.5. The topological polar surface area (TPSA) is 68.0 Å². The Morgan fingerprint density at radius 3 is 2.67 bits per heavy atom. The molecule has 0 saturated heterocycles. The molecule has 0 unspecified atom stereocenters. The van der Waals surface area contributed by atoms with Crippen molar-refractivity contribution < 1.29 is 9.32 Å². The van der Waals surface area contributed by atoms with Gasteiger partial charge in [0.25, 0.3) is 11.6 Å². The van der Waals surface area contributed by atoms with Gasteiger partial charge in [0.2, 0.25) is 0 Å². The molecule has 0 spiro atoms. The zero-order chi connectivity index (χ0) is 16.7. The van der Waals surface area contributed by atoms with E-state index in [1.807, 2.05) is 13.0 Å². The summed E-state index contributed by atoms with van der Waals surface area (Å²) in [7, 11) is 0. The molecule has 5 heteroatoms. The number of aryl methyl sites for hydroxylation is 1. The maximum atomic E-state index is 12.9. The van der Waals surface area contributed by atoms with E-state index in [2.05, 4.69) is 22.4 Å². The molecule has 0 atom stereocenters. The summed E-state index contributed by atoms with van der Waals surface area (Å²) in [4.78, 5) is 17.5. The number of carbonyl (C=O) groups is 1. The van der Waals surface area contributed by atoms with Gasteiger partial charge in [0.15, 0.2) is 0 Å². The van der Waals surface area contributed by atoms with E-state index in [1.54, 1.807) is 0 Å². The van der Waals surface area contributed by atoms with Crippen molar-refractivity contribution in [1.82, 2.24) is 15.5 Å². The molecule has 2 aliphatic carbocycles. The molecule has 0 aromatic carbocycles. The number of nitrogens with zero attached hydrogens (tertiary/aromatic N) is 2. The lowest BCUT2D eigenvalue weighted by atomic mass is 9.84. The van der Waals surface area contributed by atoms with E-state index in [0.717, 1.165) is 48.4 Å². The van der Waals surface area contributed by atoms with Crippen LogP contribution in [0.4, 0.5) is 0 Å². The molecule has 2 aliphatic rings. The molecule has 0 bridgehead atoms. The number of hydrogen-bond acceptors (Lipinski definition) is 4. The first-order valence-electron chi connectivity index (χ1n) is 9.23. The summed E-state index contributed by atoms with van der Waals surface area (Å²) in [5.74, 6) is 1.30. The highest BCUT2D eigenvalue weighted by Crippen LogP contribution is 2.40. The molecule has 2 heterocycles. The van der Waals surface area contributed by atoms with Crippen molar-refractivity contribution in [2.24, 2.45) is 5.92 Å². The number of carbonyl (C=O) groups excluding carboxylic acids is 1. The van der Waals surface area contributed by atoms with Crippen molar-refractivity contribution >= 4 is 17.0 Å².